The minimum Gasteiger partial charge on any atom is -0.493 e. The Bertz CT molecular complexity index is 840. The summed E-state index contributed by atoms with van der Waals surface area (Å²) in [5, 5.41) is 28.3. The molecule has 1 aromatic rings. The van der Waals surface area contributed by atoms with Gasteiger partial charge in [0, 0.05) is 24.9 Å². The van der Waals surface area contributed by atoms with Crippen molar-refractivity contribution in [2.24, 2.45) is 5.73 Å². The molecule has 28 heavy (non-hydrogen) atoms. The smallest absolute Gasteiger partial charge is 0.236 e. The number of rotatable bonds is 8. The second-order valence-electron chi connectivity index (χ2n) is 7.01. The lowest BCUT2D eigenvalue weighted by Crippen LogP contribution is -2.50. The zero-order valence-corrected chi connectivity index (χ0v) is 16.7. The molecule has 0 aromatic heterocycles. The summed E-state index contributed by atoms with van der Waals surface area (Å²) in [6.07, 6.45) is 1.68. The number of hydrogen-bond acceptors (Lipinski definition) is 7. The molecule has 0 radical (unpaired) electrons. The molecule has 1 atom stereocenters. The Morgan fingerprint density at radius 1 is 1.43 bits per heavy atom. The largest absolute Gasteiger partial charge is 0.493 e. The zero-order valence-electron chi connectivity index (χ0n) is 15.9. The van der Waals surface area contributed by atoms with Gasteiger partial charge in [-0.1, -0.05) is 6.07 Å². The summed E-state index contributed by atoms with van der Waals surface area (Å²) < 4.78 is 31.9. The van der Waals surface area contributed by atoms with Crippen LogP contribution >= 0.6 is 0 Å². The fourth-order valence-electron chi connectivity index (χ4n) is 2.83. The predicted octanol–water partition coefficient (Wildman–Crippen LogP) is 0.735. The van der Waals surface area contributed by atoms with E-state index < -0.39 is 21.7 Å². The van der Waals surface area contributed by atoms with Crippen molar-refractivity contribution >= 4 is 16.1 Å². The van der Waals surface area contributed by atoms with Crippen LogP contribution in [0.25, 0.3) is 6.08 Å². The number of sulfonamides is 1. The fourth-order valence-corrected chi connectivity index (χ4v) is 4.01. The van der Waals surface area contributed by atoms with Gasteiger partial charge in [-0.25, -0.2) is 8.42 Å². The van der Waals surface area contributed by atoms with Crippen molar-refractivity contribution in [2.45, 2.75) is 37.8 Å². The molecule has 4 N–H and O–H groups in total. The monoisotopic (exact) mass is 409 g/mol. The van der Waals surface area contributed by atoms with Gasteiger partial charge in [0.1, 0.15) is 11.3 Å². The Balaban J connectivity index is 1.98. The van der Waals surface area contributed by atoms with Crippen LogP contribution < -0.4 is 10.5 Å². The molecular formula is C19H27N3O5S. The number of aryl methyl sites for hydroxylation is 1. The number of nitriles is 1. The van der Waals surface area contributed by atoms with E-state index in [0.717, 1.165) is 11.1 Å². The van der Waals surface area contributed by atoms with Crippen molar-refractivity contribution in [3.63, 3.8) is 0 Å². The average molecular weight is 410 g/mol. The molecular weight excluding hydrogens is 382 g/mol. The molecule has 0 bridgehead atoms. The molecule has 2 rings (SSSR count). The van der Waals surface area contributed by atoms with E-state index in [-0.39, 0.29) is 26.3 Å². The number of benzene rings is 1. The SMILES string of the molecule is Cc1cc(OCCC(O)CO)ccc1/C=C/S(=O)(=O)N1CCC(N)(C#N)CC1. The Kier molecular flexibility index (Phi) is 7.57. The van der Waals surface area contributed by atoms with E-state index in [4.69, 9.17) is 20.8 Å². The molecule has 1 saturated heterocycles. The summed E-state index contributed by atoms with van der Waals surface area (Å²) in [6.45, 7) is 2.26. The van der Waals surface area contributed by atoms with Gasteiger partial charge in [0.2, 0.25) is 10.0 Å². The van der Waals surface area contributed by atoms with Gasteiger partial charge in [-0.05, 0) is 49.1 Å². The third-order valence-electron chi connectivity index (χ3n) is 4.79. The molecule has 0 aliphatic carbocycles. The minimum atomic E-state index is -3.59. The molecule has 1 aliphatic heterocycles. The second-order valence-corrected chi connectivity index (χ2v) is 8.83. The molecule has 9 heteroatoms. The first-order chi connectivity index (χ1) is 13.2. The van der Waals surface area contributed by atoms with Gasteiger partial charge in [-0.15, -0.1) is 0 Å². The second kappa shape index (κ2) is 9.49. The first-order valence-corrected chi connectivity index (χ1v) is 10.6. The minimum absolute atomic E-state index is 0.224. The van der Waals surface area contributed by atoms with Gasteiger partial charge in [0.05, 0.1) is 25.4 Å². The lowest BCUT2D eigenvalue weighted by Gasteiger charge is -2.33. The maximum atomic E-state index is 12.5. The molecule has 1 unspecified atom stereocenters. The Labute approximate surface area is 165 Å². The molecule has 1 aliphatic rings. The lowest BCUT2D eigenvalue weighted by atomic mass is 9.91. The van der Waals surface area contributed by atoms with E-state index in [0.29, 0.717) is 25.0 Å². The molecule has 0 amide bonds. The van der Waals surface area contributed by atoms with E-state index in [9.17, 15) is 13.5 Å². The molecule has 0 saturated carbocycles. The van der Waals surface area contributed by atoms with Gasteiger partial charge in [-0.3, -0.25) is 0 Å². The summed E-state index contributed by atoms with van der Waals surface area (Å²) in [4.78, 5) is 0. The van der Waals surface area contributed by atoms with Crippen LogP contribution in [0.2, 0.25) is 0 Å². The number of ether oxygens (including phenoxy) is 1. The standard InChI is InChI=1S/C19H27N3O5S/c1-15-12-18(27-10-4-17(24)13-23)3-2-16(15)5-11-28(25,26)22-8-6-19(21,14-20)7-9-22/h2-3,5,11-12,17,23-24H,4,6-10,13,21H2,1H3/b11-5+. The van der Waals surface area contributed by atoms with Crippen molar-refractivity contribution in [2.75, 3.05) is 26.3 Å². The van der Waals surface area contributed by atoms with Gasteiger partial charge >= 0.3 is 0 Å². The number of nitrogens with two attached hydrogens (primary N) is 1. The molecule has 1 heterocycles. The van der Waals surface area contributed by atoms with Crippen molar-refractivity contribution in [1.82, 2.24) is 4.31 Å². The van der Waals surface area contributed by atoms with Crippen LogP contribution in [0.15, 0.2) is 23.6 Å². The predicted molar refractivity (Wildman–Crippen MR) is 106 cm³/mol. The highest BCUT2D eigenvalue weighted by Gasteiger charge is 2.34. The van der Waals surface area contributed by atoms with Crippen LogP contribution in [0.1, 0.15) is 30.4 Å². The molecule has 1 aromatic carbocycles. The number of aliphatic hydroxyl groups is 2. The van der Waals surface area contributed by atoms with E-state index in [1.54, 1.807) is 24.3 Å². The normalized spacial score (nSPS) is 18.7. The van der Waals surface area contributed by atoms with Crippen LogP contribution in [-0.4, -0.2) is 60.9 Å². The summed E-state index contributed by atoms with van der Waals surface area (Å²) in [6, 6.07) is 7.32. The van der Waals surface area contributed by atoms with E-state index in [1.165, 1.54) is 9.71 Å². The number of piperidine rings is 1. The Morgan fingerprint density at radius 2 is 2.11 bits per heavy atom. The highest BCUT2D eigenvalue weighted by atomic mass is 32.2. The number of aliphatic hydroxyl groups excluding tert-OH is 2. The number of nitrogens with zero attached hydrogens (tertiary/aromatic N) is 2. The third-order valence-corrected chi connectivity index (χ3v) is 6.35. The Hall–Kier alpha value is -1.96. The first kappa shape index (κ1) is 22.3. The van der Waals surface area contributed by atoms with Crippen LogP contribution in [0.4, 0.5) is 0 Å². The topological polar surface area (TPSA) is 137 Å². The van der Waals surface area contributed by atoms with Crippen molar-refractivity contribution in [1.29, 1.82) is 5.26 Å². The van der Waals surface area contributed by atoms with Gasteiger partial charge in [0.15, 0.2) is 0 Å². The van der Waals surface area contributed by atoms with Crippen LogP contribution in [-0.2, 0) is 10.0 Å². The average Bonchev–Trinajstić information content (AvgIpc) is 2.67. The summed E-state index contributed by atoms with van der Waals surface area (Å²) in [5.74, 6) is 0.606. The van der Waals surface area contributed by atoms with Crippen molar-refractivity contribution < 1.29 is 23.4 Å². The van der Waals surface area contributed by atoms with Gasteiger partial charge in [-0.2, -0.15) is 9.57 Å². The maximum absolute atomic E-state index is 12.5. The fraction of sp³-hybridized carbons (Fsp3) is 0.526. The maximum Gasteiger partial charge on any atom is 0.236 e. The molecule has 1 fully saturated rings. The van der Waals surface area contributed by atoms with E-state index >= 15 is 0 Å². The molecule has 154 valence electrons. The summed E-state index contributed by atoms with van der Waals surface area (Å²) >= 11 is 0. The Morgan fingerprint density at radius 3 is 2.68 bits per heavy atom. The van der Waals surface area contributed by atoms with Crippen LogP contribution in [0, 0.1) is 18.3 Å². The van der Waals surface area contributed by atoms with Gasteiger partial charge in [0.25, 0.3) is 0 Å². The van der Waals surface area contributed by atoms with Crippen LogP contribution in [0.5, 0.6) is 5.75 Å². The molecule has 0 spiro atoms. The quantitative estimate of drug-likeness (QED) is 0.576. The number of hydrogen-bond donors (Lipinski definition) is 3. The lowest BCUT2D eigenvalue weighted by molar-refractivity contribution is 0.0754. The van der Waals surface area contributed by atoms with Crippen molar-refractivity contribution in [3.8, 4) is 11.8 Å². The van der Waals surface area contributed by atoms with E-state index in [1.807, 2.05) is 13.0 Å². The summed E-state index contributed by atoms with van der Waals surface area (Å²) in [7, 11) is -3.59. The highest BCUT2D eigenvalue weighted by molar-refractivity contribution is 7.92. The zero-order chi connectivity index (χ0) is 20.8. The van der Waals surface area contributed by atoms with Gasteiger partial charge < -0.3 is 20.7 Å². The van der Waals surface area contributed by atoms with Crippen molar-refractivity contribution in [3.05, 3.63) is 34.7 Å². The molecule has 8 nitrogen and oxygen atoms in total. The third kappa shape index (κ3) is 6.02. The van der Waals surface area contributed by atoms with Crippen LogP contribution in [0.3, 0.4) is 0 Å². The summed E-state index contributed by atoms with van der Waals surface area (Å²) in [5.41, 5.74) is 6.52. The first-order valence-electron chi connectivity index (χ1n) is 9.10. The van der Waals surface area contributed by atoms with E-state index in [2.05, 4.69) is 0 Å². The highest BCUT2D eigenvalue weighted by Crippen LogP contribution is 2.23.